The number of nitrogens with one attached hydrogen (secondary N) is 1. The molecule has 0 amide bonds. The SMILES string of the molecule is O=[N+]([O-])c1ccccc1CN(c1ncnc2[nH]ncc12)C1CC1. The van der Waals surface area contributed by atoms with Crippen LogP contribution in [0.2, 0.25) is 0 Å². The Bertz CT molecular complexity index is 873. The molecule has 8 heteroatoms. The standard InChI is InChI=1S/C15H14N6O2/c22-21(23)13-4-2-1-3-10(13)8-20(11-5-6-11)15-12-7-18-19-14(12)16-9-17-15/h1-4,7,9,11H,5-6,8H2,(H,16,17,18,19). The topological polar surface area (TPSA) is 101 Å². The van der Waals surface area contributed by atoms with Gasteiger partial charge in [0.15, 0.2) is 5.65 Å². The van der Waals surface area contributed by atoms with Gasteiger partial charge in [-0.05, 0) is 12.8 Å². The lowest BCUT2D eigenvalue weighted by molar-refractivity contribution is -0.385. The largest absolute Gasteiger partial charge is 0.348 e. The molecule has 0 spiro atoms. The summed E-state index contributed by atoms with van der Waals surface area (Å²) in [5, 5.41) is 18.9. The van der Waals surface area contributed by atoms with Crippen molar-refractivity contribution in [2.24, 2.45) is 0 Å². The van der Waals surface area contributed by atoms with Gasteiger partial charge in [0.05, 0.1) is 23.1 Å². The summed E-state index contributed by atoms with van der Waals surface area (Å²) in [6.45, 7) is 0.444. The smallest absolute Gasteiger partial charge is 0.274 e. The van der Waals surface area contributed by atoms with Crippen LogP contribution in [-0.4, -0.2) is 31.1 Å². The number of para-hydroxylation sites is 1. The number of nitro groups is 1. The molecule has 23 heavy (non-hydrogen) atoms. The lowest BCUT2D eigenvalue weighted by atomic mass is 10.1. The molecule has 8 nitrogen and oxygen atoms in total. The first-order valence-electron chi connectivity index (χ1n) is 7.37. The van der Waals surface area contributed by atoms with Gasteiger partial charge in [-0.1, -0.05) is 18.2 Å². The van der Waals surface area contributed by atoms with Crippen LogP contribution in [0.4, 0.5) is 11.5 Å². The van der Waals surface area contributed by atoms with Crippen LogP contribution in [0, 0.1) is 10.1 Å². The van der Waals surface area contributed by atoms with Gasteiger partial charge >= 0.3 is 0 Å². The fourth-order valence-corrected chi connectivity index (χ4v) is 2.75. The van der Waals surface area contributed by atoms with Crippen molar-refractivity contribution in [2.45, 2.75) is 25.4 Å². The Kier molecular flexibility index (Phi) is 3.14. The maximum atomic E-state index is 11.2. The third-order valence-corrected chi connectivity index (χ3v) is 4.02. The molecule has 1 N–H and O–H groups in total. The van der Waals surface area contributed by atoms with Gasteiger partial charge in [-0.25, -0.2) is 9.97 Å². The molecule has 0 aliphatic heterocycles. The van der Waals surface area contributed by atoms with Crippen molar-refractivity contribution in [3.63, 3.8) is 0 Å². The van der Waals surface area contributed by atoms with E-state index in [9.17, 15) is 10.1 Å². The fraction of sp³-hybridized carbons (Fsp3) is 0.267. The molecule has 1 fully saturated rings. The minimum absolute atomic E-state index is 0.135. The summed E-state index contributed by atoms with van der Waals surface area (Å²) >= 11 is 0. The third kappa shape index (κ3) is 2.48. The molecule has 2 aromatic heterocycles. The predicted octanol–water partition coefficient (Wildman–Crippen LogP) is 2.43. The van der Waals surface area contributed by atoms with E-state index in [-0.39, 0.29) is 10.6 Å². The Morgan fingerprint density at radius 1 is 1.30 bits per heavy atom. The summed E-state index contributed by atoms with van der Waals surface area (Å²) in [5.41, 5.74) is 1.48. The number of hydrogen-bond acceptors (Lipinski definition) is 6. The first-order valence-corrected chi connectivity index (χ1v) is 7.37. The number of nitrogens with zero attached hydrogens (tertiary/aromatic N) is 5. The maximum Gasteiger partial charge on any atom is 0.274 e. The van der Waals surface area contributed by atoms with Crippen LogP contribution in [0.3, 0.4) is 0 Å². The zero-order chi connectivity index (χ0) is 15.8. The number of anilines is 1. The van der Waals surface area contributed by atoms with E-state index in [1.54, 1.807) is 18.3 Å². The van der Waals surface area contributed by atoms with E-state index in [0.29, 0.717) is 23.8 Å². The molecule has 1 saturated carbocycles. The van der Waals surface area contributed by atoms with Gasteiger partial charge in [0.1, 0.15) is 12.1 Å². The Balaban J connectivity index is 1.75. The van der Waals surface area contributed by atoms with Crippen LogP contribution in [0.25, 0.3) is 11.0 Å². The number of fused-ring (bicyclic) bond motifs is 1. The van der Waals surface area contributed by atoms with Crippen LogP contribution in [-0.2, 0) is 6.54 Å². The molecule has 116 valence electrons. The van der Waals surface area contributed by atoms with Gasteiger partial charge in [0.2, 0.25) is 0 Å². The Labute approximate surface area is 131 Å². The highest BCUT2D eigenvalue weighted by Crippen LogP contribution is 2.35. The molecule has 0 saturated heterocycles. The van der Waals surface area contributed by atoms with Crippen LogP contribution in [0.15, 0.2) is 36.8 Å². The second kappa shape index (κ2) is 5.31. The van der Waals surface area contributed by atoms with E-state index in [1.165, 1.54) is 12.4 Å². The van der Waals surface area contributed by atoms with Gasteiger partial charge in [0, 0.05) is 17.7 Å². The van der Waals surface area contributed by atoms with Crippen molar-refractivity contribution in [3.8, 4) is 0 Å². The number of nitro benzene ring substituents is 1. The fourth-order valence-electron chi connectivity index (χ4n) is 2.75. The van der Waals surface area contributed by atoms with Crippen molar-refractivity contribution in [2.75, 3.05) is 4.90 Å². The molecule has 2 heterocycles. The highest BCUT2D eigenvalue weighted by atomic mass is 16.6. The Hall–Kier alpha value is -3.03. The van der Waals surface area contributed by atoms with Crippen molar-refractivity contribution in [1.29, 1.82) is 0 Å². The summed E-state index contributed by atoms with van der Waals surface area (Å²) in [4.78, 5) is 21.6. The van der Waals surface area contributed by atoms with Crippen molar-refractivity contribution in [1.82, 2.24) is 20.2 Å². The molecule has 0 unspecified atom stereocenters. The maximum absolute atomic E-state index is 11.2. The Morgan fingerprint density at radius 3 is 2.91 bits per heavy atom. The predicted molar refractivity (Wildman–Crippen MR) is 84.0 cm³/mol. The highest BCUT2D eigenvalue weighted by molar-refractivity contribution is 5.86. The van der Waals surface area contributed by atoms with Gasteiger partial charge < -0.3 is 4.90 Å². The summed E-state index contributed by atoms with van der Waals surface area (Å²) in [6.07, 6.45) is 5.30. The second-order valence-electron chi connectivity index (χ2n) is 5.57. The number of rotatable bonds is 5. The normalized spacial score (nSPS) is 14.1. The molecule has 4 rings (SSSR count). The zero-order valence-corrected chi connectivity index (χ0v) is 12.2. The summed E-state index contributed by atoms with van der Waals surface area (Å²) in [6, 6.07) is 7.18. The number of benzene rings is 1. The highest BCUT2D eigenvalue weighted by Gasteiger charge is 2.32. The number of aromatic amines is 1. The van der Waals surface area contributed by atoms with Gasteiger partial charge in [-0.3, -0.25) is 15.2 Å². The van der Waals surface area contributed by atoms with Gasteiger partial charge in [0.25, 0.3) is 5.69 Å². The van der Waals surface area contributed by atoms with Crippen LogP contribution in [0.5, 0.6) is 0 Å². The molecule has 1 aliphatic carbocycles. The van der Waals surface area contributed by atoms with Gasteiger partial charge in [-0.2, -0.15) is 5.10 Å². The zero-order valence-electron chi connectivity index (χ0n) is 12.2. The van der Waals surface area contributed by atoms with E-state index in [1.807, 2.05) is 6.07 Å². The van der Waals surface area contributed by atoms with Crippen LogP contribution in [0.1, 0.15) is 18.4 Å². The van der Waals surface area contributed by atoms with E-state index in [2.05, 4.69) is 25.1 Å². The number of aromatic nitrogens is 4. The summed E-state index contributed by atoms with van der Waals surface area (Å²) in [5.74, 6) is 0.768. The number of hydrogen-bond donors (Lipinski definition) is 1. The minimum atomic E-state index is -0.339. The quantitative estimate of drug-likeness (QED) is 0.573. The molecule has 0 atom stereocenters. The lowest BCUT2D eigenvalue weighted by Crippen LogP contribution is -2.26. The average Bonchev–Trinajstić information content (AvgIpc) is 3.28. The molecular formula is C15H14N6O2. The van der Waals surface area contributed by atoms with E-state index >= 15 is 0 Å². The van der Waals surface area contributed by atoms with Crippen molar-refractivity contribution >= 4 is 22.5 Å². The molecule has 1 aliphatic rings. The van der Waals surface area contributed by atoms with Crippen molar-refractivity contribution in [3.05, 3.63) is 52.5 Å². The summed E-state index contributed by atoms with van der Waals surface area (Å²) < 4.78 is 0. The number of H-pyrrole nitrogens is 1. The summed E-state index contributed by atoms with van der Waals surface area (Å²) in [7, 11) is 0. The Morgan fingerprint density at radius 2 is 2.13 bits per heavy atom. The molecule has 3 aromatic rings. The molecule has 0 radical (unpaired) electrons. The first kappa shape index (κ1) is 13.6. The van der Waals surface area contributed by atoms with Crippen LogP contribution >= 0.6 is 0 Å². The first-order chi connectivity index (χ1) is 11.2. The lowest BCUT2D eigenvalue weighted by Gasteiger charge is -2.23. The molecule has 1 aromatic carbocycles. The molecular weight excluding hydrogens is 296 g/mol. The monoisotopic (exact) mass is 310 g/mol. The van der Waals surface area contributed by atoms with Crippen LogP contribution < -0.4 is 4.90 Å². The van der Waals surface area contributed by atoms with E-state index in [0.717, 1.165) is 24.0 Å². The minimum Gasteiger partial charge on any atom is -0.348 e. The van der Waals surface area contributed by atoms with E-state index in [4.69, 9.17) is 0 Å². The van der Waals surface area contributed by atoms with Gasteiger partial charge in [-0.15, -0.1) is 0 Å². The second-order valence-corrected chi connectivity index (χ2v) is 5.57. The van der Waals surface area contributed by atoms with E-state index < -0.39 is 0 Å². The third-order valence-electron chi connectivity index (χ3n) is 4.02. The molecule has 0 bridgehead atoms. The van der Waals surface area contributed by atoms with Crippen molar-refractivity contribution < 1.29 is 4.92 Å². The average molecular weight is 310 g/mol.